The molecule has 1 aromatic carbocycles. The largest absolute Gasteiger partial charge is 0.371 e. The Morgan fingerprint density at radius 2 is 2.03 bits per heavy atom. The van der Waals surface area contributed by atoms with E-state index in [9.17, 15) is 13.2 Å². The van der Waals surface area contributed by atoms with Crippen molar-refractivity contribution in [2.75, 3.05) is 30.8 Å². The van der Waals surface area contributed by atoms with Gasteiger partial charge in [0.25, 0.3) is 0 Å². The zero-order valence-corrected chi connectivity index (χ0v) is 17.2. The molecule has 1 saturated heterocycles. The lowest BCUT2D eigenvalue weighted by molar-refractivity contribution is -0.116. The van der Waals surface area contributed by atoms with Crippen LogP contribution in [0.2, 0.25) is 0 Å². The molecule has 7 heteroatoms. The maximum absolute atomic E-state index is 11.9. The molecular formula is C22H25N3O3S. The van der Waals surface area contributed by atoms with Crippen LogP contribution in [-0.4, -0.2) is 45.2 Å². The summed E-state index contributed by atoms with van der Waals surface area (Å²) in [6.45, 7) is 2.59. The van der Waals surface area contributed by atoms with E-state index < -0.39 is 9.84 Å². The van der Waals surface area contributed by atoms with Gasteiger partial charge in [-0.15, -0.1) is 0 Å². The van der Waals surface area contributed by atoms with Crippen molar-refractivity contribution in [3.8, 4) is 0 Å². The SMILES string of the molecule is CS(=O)(=O)c1cccc(N2CC3C(CCNC(=O)/C=C/c4cccnc4)C3C2)c1. The molecule has 1 N–H and O–H groups in total. The third kappa shape index (κ3) is 4.67. The molecule has 6 nitrogen and oxygen atoms in total. The highest BCUT2D eigenvalue weighted by Crippen LogP contribution is 2.54. The number of rotatable bonds is 7. The number of pyridine rings is 1. The second-order valence-corrected chi connectivity index (χ2v) is 9.88. The summed E-state index contributed by atoms with van der Waals surface area (Å²) >= 11 is 0. The summed E-state index contributed by atoms with van der Waals surface area (Å²) in [5.41, 5.74) is 1.88. The quantitative estimate of drug-likeness (QED) is 0.708. The van der Waals surface area contributed by atoms with Gasteiger partial charge in [-0.05, 0) is 60.1 Å². The van der Waals surface area contributed by atoms with Crippen molar-refractivity contribution in [1.82, 2.24) is 10.3 Å². The number of sulfone groups is 1. The molecule has 29 heavy (non-hydrogen) atoms. The maximum atomic E-state index is 11.9. The van der Waals surface area contributed by atoms with E-state index in [4.69, 9.17) is 0 Å². The molecule has 0 spiro atoms. The van der Waals surface area contributed by atoms with Crippen molar-refractivity contribution in [2.45, 2.75) is 11.3 Å². The van der Waals surface area contributed by atoms with Crippen LogP contribution in [0.1, 0.15) is 12.0 Å². The summed E-state index contributed by atoms with van der Waals surface area (Å²) < 4.78 is 23.5. The molecule has 2 heterocycles. The Morgan fingerprint density at radius 3 is 2.72 bits per heavy atom. The van der Waals surface area contributed by atoms with Crippen LogP contribution in [0, 0.1) is 17.8 Å². The minimum Gasteiger partial charge on any atom is -0.371 e. The first-order chi connectivity index (χ1) is 13.9. The number of anilines is 1. The standard InChI is InChI=1S/C22H25N3O3S/c1-29(27,28)18-6-2-5-17(12-18)25-14-20-19(21(20)15-25)9-11-24-22(26)8-7-16-4-3-10-23-13-16/h2-8,10,12-13,19-21H,9,11,14-15H2,1H3,(H,24,26)/b8-7+. The van der Waals surface area contributed by atoms with Crippen molar-refractivity contribution >= 4 is 27.5 Å². The molecule has 2 atom stereocenters. The topological polar surface area (TPSA) is 79.4 Å². The maximum Gasteiger partial charge on any atom is 0.244 e. The average Bonchev–Trinajstić information content (AvgIpc) is 3.15. The van der Waals surface area contributed by atoms with Gasteiger partial charge >= 0.3 is 0 Å². The molecule has 2 aromatic rings. The molecule has 1 aliphatic heterocycles. The zero-order valence-electron chi connectivity index (χ0n) is 16.4. The van der Waals surface area contributed by atoms with E-state index >= 15 is 0 Å². The molecule has 1 amide bonds. The van der Waals surface area contributed by atoms with Crippen LogP contribution in [0.3, 0.4) is 0 Å². The van der Waals surface area contributed by atoms with E-state index in [0.29, 0.717) is 29.2 Å². The molecule has 4 rings (SSSR count). The number of nitrogens with one attached hydrogen (secondary N) is 1. The highest BCUT2D eigenvalue weighted by atomic mass is 32.2. The number of carbonyl (C=O) groups is 1. The van der Waals surface area contributed by atoms with Crippen LogP contribution in [0.25, 0.3) is 6.08 Å². The molecule has 1 aliphatic carbocycles. The number of carbonyl (C=O) groups excluding carboxylic acids is 1. The van der Waals surface area contributed by atoms with Crippen LogP contribution in [0.5, 0.6) is 0 Å². The van der Waals surface area contributed by atoms with Gasteiger partial charge in [-0.2, -0.15) is 0 Å². The third-order valence-electron chi connectivity index (χ3n) is 5.87. The fraction of sp³-hybridized carbons (Fsp3) is 0.364. The van der Waals surface area contributed by atoms with Crippen molar-refractivity contribution in [3.05, 3.63) is 60.4 Å². The molecule has 0 radical (unpaired) electrons. The number of amides is 1. The zero-order chi connectivity index (χ0) is 20.4. The molecule has 2 aliphatic rings. The van der Waals surface area contributed by atoms with Gasteiger partial charge in [-0.1, -0.05) is 12.1 Å². The van der Waals surface area contributed by atoms with E-state index in [0.717, 1.165) is 30.8 Å². The molecule has 0 bridgehead atoms. The number of benzene rings is 1. The van der Waals surface area contributed by atoms with Crippen molar-refractivity contribution in [1.29, 1.82) is 0 Å². The van der Waals surface area contributed by atoms with Gasteiger partial charge in [0, 0.05) is 50.0 Å². The highest BCUT2D eigenvalue weighted by Gasteiger charge is 2.54. The first-order valence-corrected chi connectivity index (χ1v) is 11.7. The number of hydrogen-bond acceptors (Lipinski definition) is 5. The minimum atomic E-state index is -3.19. The molecule has 1 aromatic heterocycles. The van der Waals surface area contributed by atoms with Gasteiger partial charge < -0.3 is 10.2 Å². The number of aromatic nitrogens is 1. The van der Waals surface area contributed by atoms with E-state index in [2.05, 4.69) is 15.2 Å². The van der Waals surface area contributed by atoms with Crippen LogP contribution in [0.4, 0.5) is 5.69 Å². The number of nitrogens with zero attached hydrogens (tertiary/aromatic N) is 2. The number of piperidine rings is 1. The summed E-state index contributed by atoms with van der Waals surface area (Å²) in [5.74, 6) is 1.84. The van der Waals surface area contributed by atoms with E-state index in [-0.39, 0.29) is 5.91 Å². The molecule has 152 valence electrons. The monoisotopic (exact) mass is 411 g/mol. The normalized spacial score (nSPS) is 23.2. The fourth-order valence-electron chi connectivity index (χ4n) is 4.27. The van der Waals surface area contributed by atoms with Gasteiger partial charge in [-0.25, -0.2) is 8.42 Å². The average molecular weight is 412 g/mol. The van der Waals surface area contributed by atoms with Crippen LogP contribution in [0.15, 0.2) is 59.8 Å². The fourth-order valence-corrected chi connectivity index (χ4v) is 4.93. The lowest BCUT2D eigenvalue weighted by Crippen LogP contribution is -2.26. The summed E-state index contributed by atoms with van der Waals surface area (Å²) in [6.07, 6.45) is 8.95. The lowest BCUT2D eigenvalue weighted by atomic mass is 10.2. The molecule has 2 unspecified atom stereocenters. The van der Waals surface area contributed by atoms with Gasteiger partial charge in [0.15, 0.2) is 9.84 Å². The molecular weight excluding hydrogens is 386 g/mol. The van der Waals surface area contributed by atoms with E-state index in [1.54, 1.807) is 36.7 Å². The Bertz CT molecular complexity index is 1010. The summed E-state index contributed by atoms with van der Waals surface area (Å²) in [6, 6.07) is 10.9. The Labute approximate surface area is 171 Å². The van der Waals surface area contributed by atoms with Crippen LogP contribution >= 0.6 is 0 Å². The third-order valence-corrected chi connectivity index (χ3v) is 6.98. The summed E-state index contributed by atoms with van der Waals surface area (Å²) in [4.78, 5) is 18.6. The predicted molar refractivity (Wildman–Crippen MR) is 113 cm³/mol. The van der Waals surface area contributed by atoms with E-state index in [1.165, 1.54) is 6.26 Å². The van der Waals surface area contributed by atoms with Crippen molar-refractivity contribution in [2.24, 2.45) is 17.8 Å². The van der Waals surface area contributed by atoms with Gasteiger partial charge in [0.2, 0.25) is 5.91 Å². The first-order valence-electron chi connectivity index (χ1n) is 9.83. The predicted octanol–water partition coefficient (Wildman–Crippen LogP) is 2.39. The Hall–Kier alpha value is -2.67. The number of hydrogen-bond donors (Lipinski definition) is 1. The number of fused-ring (bicyclic) bond motifs is 1. The smallest absolute Gasteiger partial charge is 0.244 e. The van der Waals surface area contributed by atoms with Gasteiger partial charge in [-0.3, -0.25) is 9.78 Å². The Kier molecular flexibility index (Phi) is 5.41. The Balaban J connectivity index is 1.21. The minimum absolute atomic E-state index is 0.0844. The van der Waals surface area contributed by atoms with Crippen molar-refractivity contribution < 1.29 is 13.2 Å². The summed E-state index contributed by atoms with van der Waals surface area (Å²) in [5, 5.41) is 2.95. The second-order valence-electron chi connectivity index (χ2n) is 7.87. The van der Waals surface area contributed by atoms with Crippen molar-refractivity contribution in [3.63, 3.8) is 0 Å². The van der Waals surface area contributed by atoms with Gasteiger partial charge in [0.1, 0.15) is 0 Å². The lowest BCUT2D eigenvalue weighted by Gasteiger charge is -2.22. The van der Waals surface area contributed by atoms with E-state index in [1.807, 2.05) is 24.3 Å². The Morgan fingerprint density at radius 1 is 1.24 bits per heavy atom. The first kappa shape index (κ1) is 19.6. The van der Waals surface area contributed by atoms with Crippen LogP contribution < -0.4 is 10.2 Å². The molecule has 2 fully saturated rings. The van der Waals surface area contributed by atoms with Gasteiger partial charge in [0.05, 0.1) is 4.90 Å². The second kappa shape index (κ2) is 7.99. The summed E-state index contributed by atoms with van der Waals surface area (Å²) in [7, 11) is -3.19. The van der Waals surface area contributed by atoms with Crippen LogP contribution in [-0.2, 0) is 14.6 Å². The highest BCUT2D eigenvalue weighted by molar-refractivity contribution is 7.90. The molecule has 1 saturated carbocycles.